The average Bonchev–Trinajstić information content (AvgIpc) is 2.67. The summed E-state index contributed by atoms with van der Waals surface area (Å²) in [6.45, 7) is 0. The summed E-state index contributed by atoms with van der Waals surface area (Å²) in [6.07, 6.45) is 0. The zero-order chi connectivity index (χ0) is 10.3. The summed E-state index contributed by atoms with van der Waals surface area (Å²) in [5.74, 6) is 0.892. The summed E-state index contributed by atoms with van der Waals surface area (Å²) in [5, 5.41) is 2.45. The normalized spacial score (nSPS) is 11.0. The van der Waals surface area contributed by atoms with Crippen LogP contribution in [0.2, 0.25) is 0 Å². The number of fused-ring (bicyclic) bond motifs is 3. The number of ether oxygens (including phenoxy) is 1. The van der Waals surface area contributed by atoms with Crippen LogP contribution in [0.25, 0.3) is 21.8 Å². The fourth-order valence-corrected chi connectivity index (χ4v) is 2.02. The van der Waals surface area contributed by atoms with Crippen molar-refractivity contribution in [2.75, 3.05) is 7.11 Å². The van der Waals surface area contributed by atoms with Crippen molar-refractivity contribution in [2.45, 2.75) is 0 Å². The van der Waals surface area contributed by atoms with E-state index in [0.29, 0.717) is 0 Å². The van der Waals surface area contributed by atoms with E-state index in [1.54, 1.807) is 7.11 Å². The lowest BCUT2D eigenvalue weighted by atomic mass is 10.1. The van der Waals surface area contributed by atoms with Gasteiger partial charge in [0.25, 0.3) is 0 Å². The highest BCUT2D eigenvalue weighted by Crippen LogP contribution is 2.30. The van der Waals surface area contributed by atoms with E-state index in [-0.39, 0.29) is 0 Å². The van der Waals surface area contributed by atoms with Crippen LogP contribution in [0.5, 0.6) is 5.75 Å². The lowest BCUT2D eigenvalue weighted by Gasteiger charge is -1.99. The third-order valence-electron chi connectivity index (χ3n) is 2.72. The Morgan fingerprint density at radius 1 is 0.933 bits per heavy atom. The predicted molar refractivity (Wildman–Crippen MR) is 62.4 cm³/mol. The summed E-state index contributed by atoms with van der Waals surface area (Å²) in [7, 11) is 1.69. The maximum absolute atomic E-state index is 5.33. The highest BCUT2D eigenvalue weighted by atomic mass is 16.5. The molecule has 1 N–H and O–H groups in total. The van der Waals surface area contributed by atoms with E-state index in [0.717, 1.165) is 16.8 Å². The van der Waals surface area contributed by atoms with Crippen molar-refractivity contribution in [1.29, 1.82) is 0 Å². The monoisotopic (exact) mass is 197 g/mol. The number of hydrogen-bond donors (Lipinski definition) is 1. The highest BCUT2D eigenvalue weighted by molar-refractivity contribution is 6.09. The SMILES string of the molecule is COc1cccc2c1[nH]c1ccccc12. The lowest BCUT2D eigenvalue weighted by molar-refractivity contribution is 0.419. The van der Waals surface area contributed by atoms with Crippen molar-refractivity contribution in [1.82, 2.24) is 4.98 Å². The largest absolute Gasteiger partial charge is 0.495 e. The first-order chi connectivity index (χ1) is 7.40. The summed E-state index contributed by atoms with van der Waals surface area (Å²) >= 11 is 0. The Morgan fingerprint density at radius 2 is 1.73 bits per heavy atom. The zero-order valence-electron chi connectivity index (χ0n) is 8.45. The second kappa shape index (κ2) is 3.02. The Balaban J connectivity index is 2.53. The molecule has 15 heavy (non-hydrogen) atoms. The second-order valence-electron chi connectivity index (χ2n) is 3.55. The molecule has 2 heteroatoms. The molecule has 3 aromatic rings. The first-order valence-electron chi connectivity index (χ1n) is 4.93. The Labute approximate surface area is 87.5 Å². The molecular weight excluding hydrogens is 186 g/mol. The fraction of sp³-hybridized carbons (Fsp3) is 0.0769. The molecule has 0 atom stereocenters. The molecule has 0 aliphatic rings. The molecule has 1 aromatic heterocycles. The van der Waals surface area contributed by atoms with Crippen molar-refractivity contribution in [2.24, 2.45) is 0 Å². The maximum atomic E-state index is 5.33. The maximum Gasteiger partial charge on any atom is 0.142 e. The van der Waals surface area contributed by atoms with E-state index >= 15 is 0 Å². The molecule has 3 rings (SSSR count). The minimum atomic E-state index is 0.892. The van der Waals surface area contributed by atoms with Gasteiger partial charge >= 0.3 is 0 Å². The standard InChI is InChI=1S/C13H11NO/c1-15-12-8-4-6-10-9-5-2-3-7-11(9)14-13(10)12/h2-8,14H,1H3. The van der Waals surface area contributed by atoms with Gasteiger partial charge in [0.05, 0.1) is 12.6 Å². The van der Waals surface area contributed by atoms with Gasteiger partial charge in [-0.25, -0.2) is 0 Å². The summed E-state index contributed by atoms with van der Waals surface area (Å²) in [4.78, 5) is 3.37. The molecule has 0 aliphatic heterocycles. The van der Waals surface area contributed by atoms with E-state index in [1.807, 2.05) is 18.2 Å². The summed E-state index contributed by atoms with van der Waals surface area (Å²) in [6, 6.07) is 14.4. The molecule has 0 amide bonds. The number of para-hydroxylation sites is 2. The molecule has 0 unspecified atom stereocenters. The van der Waals surface area contributed by atoms with E-state index in [4.69, 9.17) is 4.74 Å². The van der Waals surface area contributed by atoms with Crippen LogP contribution in [-0.4, -0.2) is 12.1 Å². The Bertz CT molecular complexity index is 625. The Hall–Kier alpha value is -1.96. The molecule has 0 aliphatic carbocycles. The van der Waals surface area contributed by atoms with Crippen LogP contribution in [0.1, 0.15) is 0 Å². The summed E-state index contributed by atoms with van der Waals surface area (Å²) < 4.78 is 5.33. The number of hydrogen-bond acceptors (Lipinski definition) is 1. The number of methoxy groups -OCH3 is 1. The van der Waals surface area contributed by atoms with E-state index in [2.05, 4.69) is 29.2 Å². The van der Waals surface area contributed by atoms with Gasteiger partial charge in [0.1, 0.15) is 5.75 Å². The molecule has 2 nitrogen and oxygen atoms in total. The van der Waals surface area contributed by atoms with Gasteiger partial charge in [-0.05, 0) is 12.1 Å². The van der Waals surface area contributed by atoms with Crippen LogP contribution < -0.4 is 4.74 Å². The highest BCUT2D eigenvalue weighted by Gasteiger charge is 2.06. The van der Waals surface area contributed by atoms with Gasteiger partial charge in [0.15, 0.2) is 0 Å². The minimum absolute atomic E-state index is 0.892. The van der Waals surface area contributed by atoms with Gasteiger partial charge in [-0.1, -0.05) is 30.3 Å². The van der Waals surface area contributed by atoms with Crippen molar-refractivity contribution in [3.05, 3.63) is 42.5 Å². The molecule has 0 spiro atoms. The number of aromatic amines is 1. The van der Waals surface area contributed by atoms with Crippen LogP contribution in [0, 0.1) is 0 Å². The summed E-state index contributed by atoms with van der Waals surface area (Å²) in [5.41, 5.74) is 2.22. The third kappa shape index (κ3) is 1.11. The second-order valence-corrected chi connectivity index (χ2v) is 3.55. The predicted octanol–water partition coefficient (Wildman–Crippen LogP) is 3.33. The number of benzene rings is 2. The number of aromatic nitrogens is 1. The van der Waals surface area contributed by atoms with Crippen molar-refractivity contribution < 1.29 is 4.74 Å². The van der Waals surface area contributed by atoms with Crippen LogP contribution >= 0.6 is 0 Å². The molecule has 0 fully saturated rings. The zero-order valence-corrected chi connectivity index (χ0v) is 8.45. The molecular formula is C13H11NO. The quantitative estimate of drug-likeness (QED) is 0.636. The smallest absolute Gasteiger partial charge is 0.142 e. The van der Waals surface area contributed by atoms with E-state index in [9.17, 15) is 0 Å². The molecule has 1 heterocycles. The number of rotatable bonds is 1. The van der Waals surface area contributed by atoms with Gasteiger partial charge < -0.3 is 9.72 Å². The molecule has 0 saturated heterocycles. The van der Waals surface area contributed by atoms with Crippen LogP contribution in [0.4, 0.5) is 0 Å². The molecule has 0 saturated carbocycles. The third-order valence-corrected chi connectivity index (χ3v) is 2.72. The molecule has 0 bridgehead atoms. The van der Waals surface area contributed by atoms with Crippen molar-refractivity contribution in [3.63, 3.8) is 0 Å². The number of H-pyrrole nitrogens is 1. The van der Waals surface area contributed by atoms with Crippen LogP contribution in [-0.2, 0) is 0 Å². The Kier molecular flexibility index (Phi) is 1.68. The van der Waals surface area contributed by atoms with Gasteiger partial charge in [-0.15, -0.1) is 0 Å². The van der Waals surface area contributed by atoms with Gasteiger partial charge in [-0.2, -0.15) is 0 Å². The molecule has 0 radical (unpaired) electrons. The van der Waals surface area contributed by atoms with Crippen molar-refractivity contribution >= 4 is 21.8 Å². The first-order valence-corrected chi connectivity index (χ1v) is 4.93. The van der Waals surface area contributed by atoms with Gasteiger partial charge in [-0.3, -0.25) is 0 Å². The van der Waals surface area contributed by atoms with Gasteiger partial charge in [0, 0.05) is 16.3 Å². The lowest BCUT2D eigenvalue weighted by Crippen LogP contribution is -1.82. The topological polar surface area (TPSA) is 25.0 Å². The number of nitrogens with one attached hydrogen (secondary N) is 1. The van der Waals surface area contributed by atoms with Crippen LogP contribution in [0.3, 0.4) is 0 Å². The Morgan fingerprint density at radius 3 is 2.60 bits per heavy atom. The van der Waals surface area contributed by atoms with Gasteiger partial charge in [0.2, 0.25) is 0 Å². The first kappa shape index (κ1) is 8.36. The van der Waals surface area contributed by atoms with Crippen LogP contribution in [0.15, 0.2) is 42.5 Å². The van der Waals surface area contributed by atoms with Crippen molar-refractivity contribution in [3.8, 4) is 5.75 Å². The average molecular weight is 197 g/mol. The van der Waals surface area contributed by atoms with E-state index < -0.39 is 0 Å². The fourth-order valence-electron chi connectivity index (χ4n) is 2.02. The molecule has 2 aromatic carbocycles. The minimum Gasteiger partial charge on any atom is -0.495 e. The van der Waals surface area contributed by atoms with E-state index in [1.165, 1.54) is 10.8 Å². The molecule has 74 valence electrons.